The van der Waals surface area contributed by atoms with Crippen LogP contribution >= 0.6 is 23.1 Å². The monoisotopic (exact) mass is 448 g/mol. The molecule has 2 aromatic carbocycles. The van der Waals surface area contributed by atoms with Gasteiger partial charge in [-0.05, 0) is 60.4 Å². The highest BCUT2D eigenvalue weighted by Gasteiger charge is 2.38. The van der Waals surface area contributed by atoms with Crippen LogP contribution in [0.15, 0.2) is 70.0 Å². The first-order valence-corrected chi connectivity index (χ1v) is 13.2. The maximum atomic E-state index is 2.61. The first-order chi connectivity index (χ1) is 15.0. The fourth-order valence-corrected chi connectivity index (χ4v) is 6.63. The van der Waals surface area contributed by atoms with Crippen molar-refractivity contribution in [2.45, 2.75) is 71.2 Å². The molecule has 4 rings (SSSR count). The van der Waals surface area contributed by atoms with Gasteiger partial charge in [-0.2, -0.15) is 4.57 Å². The first kappa shape index (κ1) is 22.4. The van der Waals surface area contributed by atoms with Crippen molar-refractivity contribution in [3.05, 3.63) is 75.7 Å². The van der Waals surface area contributed by atoms with Gasteiger partial charge in [-0.25, -0.2) is 0 Å². The van der Waals surface area contributed by atoms with Crippen molar-refractivity contribution in [2.24, 2.45) is 5.92 Å². The largest absolute Gasteiger partial charge is 0.266 e. The second-order valence-electron chi connectivity index (χ2n) is 8.85. The third-order valence-corrected chi connectivity index (χ3v) is 9.00. The maximum absolute atomic E-state index is 2.61. The second-order valence-corrected chi connectivity index (χ2v) is 11.1. The summed E-state index contributed by atoms with van der Waals surface area (Å²) in [5, 5.41) is 1.46. The lowest BCUT2D eigenvalue weighted by Gasteiger charge is -2.14. The van der Waals surface area contributed by atoms with Crippen molar-refractivity contribution in [3.8, 4) is 0 Å². The highest BCUT2D eigenvalue weighted by molar-refractivity contribution is 8.03. The van der Waals surface area contributed by atoms with Gasteiger partial charge in [0.15, 0.2) is 6.04 Å². The summed E-state index contributed by atoms with van der Waals surface area (Å²) < 4.78 is 4.01. The predicted octanol–water partition coefficient (Wildman–Crippen LogP) is 8.74. The van der Waals surface area contributed by atoms with Crippen LogP contribution < -0.4 is 4.57 Å². The number of rotatable bonds is 7. The van der Waals surface area contributed by atoms with Crippen LogP contribution in [0.2, 0.25) is 0 Å². The molecule has 2 heterocycles. The smallest absolute Gasteiger partial charge is 0.179 e. The Hall–Kier alpha value is -1.84. The maximum Gasteiger partial charge on any atom is 0.266 e. The average Bonchev–Trinajstić information content (AvgIpc) is 3.32. The third-order valence-electron chi connectivity index (χ3n) is 6.54. The molecule has 2 unspecified atom stereocenters. The molecule has 0 fully saturated rings. The molecule has 0 amide bonds. The van der Waals surface area contributed by atoms with E-state index in [9.17, 15) is 0 Å². The van der Waals surface area contributed by atoms with Gasteiger partial charge in [0.25, 0.3) is 5.01 Å². The number of fused-ring (bicyclic) bond motifs is 3. The van der Waals surface area contributed by atoms with E-state index in [2.05, 4.69) is 93.8 Å². The van der Waals surface area contributed by atoms with E-state index in [-0.39, 0.29) is 0 Å². The molecule has 1 aromatic heterocycles. The summed E-state index contributed by atoms with van der Waals surface area (Å²) in [5.74, 6) is 0.692. The van der Waals surface area contributed by atoms with E-state index >= 15 is 0 Å². The minimum Gasteiger partial charge on any atom is -0.179 e. The molecule has 0 spiro atoms. The van der Waals surface area contributed by atoms with Crippen molar-refractivity contribution in [2.75, 3.05) is 0 Å². The van der Waals surface area contributed by atoms with E-state index in [0.29, 0.717) is 12.0 Å². The fraction of sp³-hybridized carbons (Fsp3) is 0.393. The number of aromatic nitrogens is 1. The Morgan fingerprint density at radius 3 is 2.65 bits per heavy atom. The molecule has 1 aliphatic rings. The van der Waals surface area contributed by atoms with E-state index < -0.39 is 0 Å². The minimum atomic E-state index is 0.576. The van der Waals surface area contributed by atoms with Crippen molar-refractivity contribution in [1.82, 2.24) is 0 Å². The van der Waals surface area contributed by atoms with Crippen LogP contribution in [0.5, 0.6) is 0 Å². The molecule has 0 bridgehead atoms. The first-order valence-electron chi connectivity index (χ1n) is 11.6. The summed E-state index contributed by atoms with van der Waals surface area (Å²) in [6.45, 7) is 11.5. The van der Waals surface area contributed by atoms with Gasteiger partial charge in [0.2, 0.25) is 5.52 Å². The van der Waals surface area contributed by atoms with Crippen LogP contribution in [-0.2, 0) is 0 Å². The number of hydrogen-bond donors (Lipinski definition) is 0. The average molecular weight is 449 g/mol. The SMILES string of the molecule is CCC(C)CC(/C=C1/CC(CC)[n+]2c1sc1ccccc12)=C(\C)Sc1ccccc1C. The van der Waals surface area contributed by atoms with E-state index in [1.165, 1.54) is 54.6 Å². The van der Waals surface area contributed by atoms with Crippen molar-refractivity contribution >= 4 is 38.9 Å². The highest BCUT2D eigenvalue weighted by atomic mass is 32.2. The van der Waals surface area contributed by atoms with E-state index in [4.69, 9.17) is 0 Å². The molecule has 3 aromatic rings. The van der Waals surface area contributed by atoms with Crippen LogP contribution in [0.1, 0.15) is 70.0 Å². The number of allylic oxidation sites excluding steroid dienone is 4. The van der Waals surface area contributed by atoms with Gasteiger partial charge in [-0.15, -0.1) is 0 Å². The van der Waals surface area contributed by atoms with Crippen LogP contribution in [0, 0.1) is 12.8 Å². The molecule has 0 saturated carbocycles. The van der Waals surface area contributed by atoms with Gasteiger partial charge in [0, 0.05) is 29.4 Å². The van der Waals surface area contributed by atoms with Gasteiger partial charge in [0.05, 0.1) is 0 Å². The summed E-state index contributed by atoms with van der Waals surface area (Å²) in [7, 11) is 0. The molecule has 2 atom stereocenters. The summed E-state index contributed by atoms with van der Waals surface area (Å²) in [5.41, 5.74) is 5.79. The Morgan fingerprint density at radius 2 is 1.90 bits per heavy atom. The molecule has 0 saturated heterocycles. The number of nitrogens with zero attached hydrogens (tertiary/aromatic N) is 1. The quantitative estimate of drug-likeness (QED) is 0.258. The zero-order chi connectivity index (χ0) is 22.0. The highest BCUT2D eigenvalue weighted by Crippen LogP contribution is 2.41. The zero-order valence-electron chi connectivity index (χ0n) is 19.4. The topological polar surface area (TPSA) is 3.88 Å². The molecule has 1 aliphatic heterocycles. The fourth-order valence-electron chi connectivity index (χ4n) is 4.40. The van der Waals surface area contributed by atoms with Crippen molar-refractivity contribution in [3.63, 3.8) is 0 Å². The van der Waals surface area contributed by atoms with Gasteiger partial charge >= 0.3 is 0 Å². The number of aryl methyl sites for hydroxylation is 1. The molecular formula is C28H34NS2+. The van der Waals surface area contributed by atoms with Gasteiger partial charge in [-0.1, -0.05) is 80.6 Å². The summed E-state index contributed by atoms with van der Waals surface area (Å²) in [4.78, 5) is 2.81. The zero-order valence-corrected chi connectivity index (χ0v) is 21.1. The molecule has 0 aliphatic carbocycles. The van der Waals surface area contributed by atoms with E-state index in [0.717, 1.165) is 12.8 Å². The molecular weight excluding hydrogens is 414 g/mol. The molecule has 3 heteroatoms. The summed E-state index contributed by atoms with van der Waals surface area (Å²) >= 11 is 3.90. The van der Waals surface area contributed by atoms with Crippen molar-refractivity contribution < 1.29 is 4.57 Å². The molecule has 1 nitrogen and oxygen atoms in total. The lowest BCUT2D eigenvalue weighted by atomic mass is 9.96. The summed E-state index contributed by atoms with van der Waals surface area (Å²) in [6.07, 6.45) is 7.24. The van der Waals surface area contributed by atoms with Crippen LogP contribution in [0.4, 0.5) is 0 Å². The van der Waals surface area contributed by atoms with Gasteiger partial charge < -0.3 is 0 Å². The summed E-state index contributed by atoms with van der Waals surface area (Å²) in [6, 6.07) is 18.2. The van der Waals surface area contributed by atoms with Crippen molar-refractivity contribution in [1.29, 1.82) is 0 Å². The molecule has 0 N–H and O–H groups in total. The molecule has 162 valence electrons. The Morgan fingerprint density at radius 1 is 1.16 bits per heavy atom. The Balaban J connectivity index is 1.77. The van der Waals surface area contributed by atoms with Crippen LogP contribution in [0.3, 0.4) is 0 Å². The number of thiazole rings is 1. The minimum absolute atomic E-state index is 0.576. The lowest BCUT2D eigenvalue weighted by Crippen LogP contribution is -2.35. The van der Waals surface area contributed by atoms with Gasteiger partial charge in [-0.3, -0.25) is 0 Å². The Kier molecular flexibility index (Phi) is 7.03. The van der Waals surface area contributed by atoms with Crippen LogP contribution in [-0.4, -0.2) is 0 Å². The number of thioether (sulfide) groups is 1. The van der Waals surface area contributed by atoms with Crippen LogP contribution in [0.25, 0.3) is 15.8 Å². The Bertz CT molecular complexity index is 1130. The normalized spacial score (nSPS) is 19.0. The van der Waals surface area contributed by atoms with Gasteiger partial charge in [0.1, 0.15) is 4.70 Å². The third kappa shape index (κ3) is 4.68. The predicted molar refractivity (Wildman–Crippen MR) is 138 cm³/mol. The standard InChI is InChI=1S/C28H34NS2/c1-6-19(3)16-22(21(5)30-26-14-10-8-12-20(26)4)17-23-18-24(7-2)29-25-13-9-11-15-27(25)31-28(23)29/h8-15,17,19,24H,6-7,16,18H2,1-5H3/q+1/b22-21-,23-17-. The number of hydrogen-bond acceptors (Lipinski definition) is 2. The molecule has 0 radical (unpaired) electrons. The molecule has 31 heavy (non-hydrogen) atoms. The van der Waals surface area contributed by atoms with E-state index in [1.807, 2.05) is 23.1 Å². The second kappa shape index (κ2) is 9.75. The Labute approximate surface area is 195 Å². The lowest BCUT2D eigenvalue weighted by molar-refractivity contribution is -0.687. The number of para-hydroxylation sites is 1. The number of benzene rings is 2. The van der Waals surface area contributed by atoms with E-state index in [1.54, 1.807) is 0 Å².